The average molecular weight is 323 g/mol. The third-order valence-electron chi connectivity index (χ3n) is 2.76. The fourth-order valence-corrected chi connectivity index (χ4v) is 2.01. The summed E-state index contributed by atoms with van der Waals surface area (Å²) in [7, 11) is 0. The highest BCUT2D eigenvalue weighted by Crippen LogP contribution is 2.16. The molecule has 0 bridgehead atoms. The van der Waals surface area contributed by atoms with Crippen molar-refractivity contribution in [1.82, 2.24) is 9.78 Å². The number of ether oxygens (including phenoxy) is 2. The van der Waals surface area contributed by atoms with Gasteiger partial charge in [-0.3, -0.25) is 4.79 Å². The van der Waals surface area contributed by atoms with E-state index in [4.69, 9.17) is 21.1 Å². The van der Waals surface area contributed by atoms with Gasteiger partial charge in [0.25, 0.3) is 5.91 Å². The lowest BCUT2D eigenvalue weighted by Crippen LogP contribution is -2.24. The molecule has 0 aliphatic carbocycles. The predicted molar refractivity (Wildman–Crippen MR) is 80.2 cm³/mol. The summed E-state index contributed by atoms with van der Waals surface area (Å²) < 4.78 is 11.3. The molecule has 0 radical (unpaired) electrons. The van der Waals surface area contributed by atoms with Gasteiger partial charge < -0.3 is 9.47 Å². The molecule has 0 aliphatic rings. The van der Waals surface area contributed by atoms with Gasteiger partial charge in [0, 0.05) is 10.7 Å². The molecule has 0 amide bonds. The van der Waals surface area contributed by atoms with Crippen LogP contribution >= 0.6 is 11.6 Å². The van der Waals surface area contributed by atoms with E-state index in [1.54, 1.807) is 44.2 Å². The number of halogens is 1. The minimum absolute atomic E-state index is 0.301. The molecule has 1 aromatic carbocycles. The van der Waals surface area contributed by atoms with E-state index in [0.29, 0.717) is 16.5 Å². The van der Waals surface area contributed by atoms with Crippen LogP contribution in [0.5, 0.6) is 5.75 Å². The van der Waals surface area contributed by atoms with Gasteiger partial charge in [-0.15, -0.1) is 0 Å². The highest BCUT2D eigenvalue weighted by atomic mass is 35.5. The SMILES string of the molecule is Cc1cc(C)n(C(=O)COC(=O)COc2cccc(Cl)c2)n1. The lowest BCUT2D eigenvalue weighted by molar-refractivity contribution is -0.145. The standard InChI is InChI=1S/C15H15ClN2O4/c1-10-6-11(2)18(17-10)14(19)8-22-15(20)9-21-13-5-3-4-12(16)7-13/h3-7H,8-9H2,1-2H3. The Hall–Kier alpha value is -2.34. The zero-order chi connectivity index (χ0) is 16.1. The van der Waals surface area contributed by atoms with Gasteiger partial charge in [0.1, 0.15) is 5.75 Å². The monoisotopic (exact) mass is 322 g/mol. The summed E-state index contributed by atoms with van der Waals surface area (Å²) in [4.78, 5) is 23.4. The fraction of sp³-hybridized carbons (Fsp3) is 0.267. The Morgan fingerprint density at radius 3 is 2.64 bits per heavy atom. The molecule has 1 aromatic heterocycles. The molecule has 2 rings (SSSR count). The molecule has 0 atom stereocenters. The van der Waals surface area contributed by atoms with E-state index in [0.717, 1.165) is 5.69 Å². The second-order valence-corrected chi connectivity index (χ2v) is 5.08. The molecule has 0 saturated carbocycles. The Morgan fingerprint density at radius 1 is 1.23 bits per heavy atom. The number of aryl methyl sites for hydroxylation is 2. The number of rotatable bonds is 5. The first-order valence-electron chi connectivity index (χ1n) is 6.56. The first-order valence-corrected chi connectivity index (χ1v) is 6.94. The van der Waals surface area contributed by atoms with Gasteiger partial charge in [0.2, 0.25) is 0 Å². The maximum absolute atomic E-state index is 11.9. The lowest BCUT2D eigenvalue weighted by atomic mass is 10.3. The summed E-state index contributed by atoms with van der Waals surface area (Å²) in [6.45, 7) is 2.84. The van der Waals surface area contributed by atoms with Crippen LogP contribution < -0.4 is 4.74 Å². The van der Waals surface area contributed by atoms with E-state index in [-0.39, 0.29) is 13.2 Å². The average Bonchev–Trinajstić information content (AvgIpc) is 2.81. The van der Waals surface area contributed by atoms with Crippen molar-refractivity contribution in [2.75, 3.05) is 13.2 Å². The smallest absolute Gasteiger partial charge is 0.344 e. The Bertz CT molecular complexity index is 697. The van der Waals surface area contributed by atoms with Crippen LogP contribution in [0.2, 0.25) is 5.02 Å². The summed E-state index contributed by atoms with van der Waals surface area (Å²) in [6.07, 6.45) is 0. The number of hydrogen-bond donors (Lipinski definition) is 0. The topological polar surface area (TPSA) is 70.4 Å². The fourth-order valence-electron chi connectivity index (χ4n) is 1.83. The van der Waals surface area contributed by atoms with Crippen molar-refractivity contribution in [3.8, 4) is 5.75 Å². The van der Waals surface area contributed by atoms with Crippen molar-refractivity contribution in [2.24, 2.45) is 0 Å². The molecule has 0 unspecified atom stereocenters. The van der Waals surface area contributed by atoms with Gasteiger partial charge in [-0.25, -0.2) is 9.48 Å². The maximum atomic E-state index is 11.9. The summed E-state index contributed by atoms with van der Waals surface area (Å²) in [6, 6.07) is 8.41. The van der Waals surface area contributed by atoms with E-state index in [9.17, 15) is 9.59 Å². The van der Waals surface area contributed by atoms with Crippen molar-refractivity contribution in [3.63, 3.8) is 0 Å². The molecule has 0 saturated heterocycles. The number of carbonyl (C=O) groups excluding carboxylic acids is 2. The van der Waals surface area contributed by atoms with Crippen molar-refractivity contribution in [2.45, 2.75) is 13.8 Å². The van der Waals surface area contributed by atoms with Crippen molar-refractivity contribution < 1.29 is 19.1 Å². The molecule has 0 fully saturated rings. The Kier molecular flexibility index (Phi) is 5.16. The van der Waals surface area contributed by atoms with Gasteiger partial charge in [-0.05, 0) is 38.1 Å². The van der Waals surface area contributed by atoms with Crippen LogP contribution in [0, 0.1) is 13.8 Å². The zero-order valence-corrected chi connectivity index (χ0v) is 13.0. The van der Waals surface area contributed by atoms with Crippen LogP contribution in [0.1, 0.15) is 16.2 Å². The van der Waals surface area contributed by atoms with Crippen LogP contribution in [0.3, 0.4) is 0 Å². The number of nitrogens with zero attached hydrogens (tertiary/aromatic N) is 2. The number of hydrogen-bond acceptors (Lipinski definition) is 5. The first kappa shape index (κ1) is 16.0. The molecule has 7 heteroatoms. The quantitative estimate of drug-likeness (QED) is 0.791. The van der Waals surface area contributed by atoms with Gasteiger partial charge in [0.15, 0.2) is 13.2 Å². The molecule has 116 valence electrons. The largest absolute Gasteiger partial charge is 0.482 e. The second-order valence-electron chi connectivity index (χ2n) is 4.64. The minimum Gasteiger partial charge on any atom is -0.482 e. The van der Waals surface area contributed by atoms with Crippen molar-refractivity contribution >= 4 is 23.5 Å². The van der Waals surface area contributed by atoms with Crippen molar-refractivity contribution in [1.29, 1.82) is 0 Å². The summed E-state index contributed by atoms with van der Waals surface area (Å²) in [5.74, 6) is -0.606. The molecule has 0 spiro atoms. The van der Waals surface area contributed by atoms with E-state index in [1.165, 1.54) is 4.68 Å². The van der Waals surface area contributed by atoms with E-state index in [1.807, 2.05) is 0 Å². The molecule has 2 aromatic rings. The van der Waals surface area contributed by atoms with Crippen LogP contribution in [0.25, 0.3) is 0 Å². The Morgan fingerprint density at radius 2 is 2.00 bits per heavy atom. The van der Waals surface area contributed by atoms with Crippen LogP contribution in [0.4, 0.5) is 0 Å². The van der Waals surface area contributed by atoms with E-state index < -0.39 is 11.9 Å². The van der Waals surface area contributed by atoms with Crippen molar-refractivity contribution in [3.05, 3.63) is 46.7 Å². The van der Waals surface area contributed by atoms with E-state index >= 15 is 0 Å². The molecule has 6 nitrogen and oxygen atoms in total. The minimum atomic E-state index is -0.644. The third-order valence-corrected chi connectivity index (χ3v) is 2.99. The second kappa shape index (κ2) is 7.09. The van der Waals surface area contributed by atoms with E-state index in [2.05, 4.69) is 5.10 Å². The number of aromatic nitrogens is 2. The van der Waals surface area contributed by atoms with Crippen LogP contribution in [-0.4, -0.2) is 34.9 Å². The molecule has 1 heterocycles. The molecule has 0 N–H and O–H groups in total. The van der Waals surface area contributed by atoms with Crippen LogP contribution in [-0.2, 0) is 9.53 Å². The van der Waals surface area contributed by atoms with Gasteiger partial charge in [0.05, 0.1) is 5.69 Å². The molecular formula is C15H15ClN2O4. The van der Waals surface area contributed by atoms with Gasteiger partial charge >= 0.3 is 5.97 Å². The van der Waals surface area contributed by atoms with Crippen LogP contribution in [0.15, 0.2) is 30.3 Å². The normalized spacial score (nSPS) is 10.3. The van der Waals surface area contributed by atoms with Gasteiger partial charge in [-0.1, -0.05) is 17.7 Å². The highest BCUT2D eigenvalue weighted by Gasteiger charge is 2.13. The molecule has 0 aliphatic heterocycles. The zero-order valence-electron chi connectivity index (χ0n) is 12.2. The number of carbonyl (C=O) groups is 2. The highest BCUT2D eigenvalue weighted by molar-refractivity contribution is 6.30. The number of esters is 1. The summed E-state index contributed by atoms with van der Waals surface area (Å²) in [5, 5.41) is 4.53. The lowest BCUT2D eigenvalue weighted by Gasteiger charge is -2.07. The molecular weight excluding hydrogens is 308 g/mol. The third kappa shape index (κ3) is 4.33. The maximum Gasteiger partial charge on any atom is 0.344 e. The summed E-state index contributed by atoms with van der Waals surface area (Å²) in [5.41, 5.74) is 1.41. The predicted octanol–water partition coefficient (Wildman–Crippen LogP) is 2.42. The Labute approximate surface area is 132 Å². The van der Waals surface area contributed by atoms with Gasteiger partial charge in [-0.2, -0.15) is 5.10 Å². The summed E-state index contributed by atoms with van der Waals surface area (Å²) >= 11 is 5.80. The Balaban J connectivity index is 1.80. The first-order chi connectivity index (χ1) is 10.5. The molecule has 22 heavy (non-hydrogen) atoms. The number of benzene rings is 1.